The van der Waals surface area contributed by atoms with Crippen LogP contribution in [-0.2, 0) is 18.8 Å². The highest BCUT2D eigenvalue weighted by molar-refractivity contribution is 5.98. The molecule has 0 saturated carbocycles. The van der Waals surface area contributed by atoms with Crippen LogP contribution in [-0.4, -0.2) is 34.3 Å². The fraction of sp³-hybridized carbons (Fsp3) is 0.467. The molecule has 2 aromatic rings. The summed E-state index contributed by atoms with van der Waals surface area (Å²) >= 11 is 0. The highest BCUT2D eigenvalue weighted by Gasteiger charge is 2.19. The van der Waals surface area contributed by atoms with Gasteiger partial charge in [0, 0.05) is 33.4 Å². The van der Waals surface area contributed by atoms with Gasteiger partial charge in [0.1, 0.15) is 5.69 Å². The van der Waals surface area contributed by atoms with Crippen LogP contribution in [0.1, 0.15) is 23.3 Å². The van der Waals surface area contributed by atoms with Gasteiger partial charge in [-0.2, -0.15) is 0 Å². The van der Waals surface area contributed by atoms with Crippen LogP contribution in [0.3, 0.4) is 0 Å². The molecular formula is C15H19N3O3. The molecular weight excluding hydrogens is 270 g/mol. The first-order valence-electron chi connectivity index (χ1n) is 7.13. The van der Waals surface area contributed by atoms with Gasteiger partial charge in [-0.05, 0) is 25.0 Å². The summed E-state index contributed by atoms with van der Waals surface area (Å²) in [5.74, 6) is -0.175. The molecule has 1 aliphatic heterocycles. The van der Waals surface area contributed by atoms with Crippen molar-refractivity contribution >= 4 is 16.8 Å². The summed E-state index contributed by atoms with van der Waals surface area (Å²) < 4.78 is 8.75. The fourth-order valence-electron chi connectivity index (χ4n) is 2.75. The Labute approximate surface area is 122 Å². The van der Waals surface area contributed by atoms with Crippen LogP contribution in [0.4, 0.5) is 0 Å². The summed E-state index contributed by atoms with van der Waals surface area (Å²) in [6.07, 6.45) is 3.84. The summed E-state index contributed by atoms with van der Waals surface area (Å²) in [4.78, 5) is 24.4. The monoisotopic (exact) mass is 289 g/mol. The van der Waals surface area contributed by atoms with Crippen molar-refractivity contribution in [1.29, 1.82) is 0 Å². The first kappa shape index (κ1) is 13.9. The number of aryl methyl sites for hydroxylation is 2. The van der Waals surface area contributed by atoms with Crippen LogP contribution in [0.25, 0.3) is 10.9 Å². The number of hydrogen-bond donors (Lipinski definition) is 1. The molecule has 3 rings (SSSR count). The number of nitrogens with zero attached hydrogens (tertiary/aromatic N) is 2. The molecule has 6 nitrogen and oxygen atoms in total. The Hall–Kier alpha value is -2.08. The standard InChI is InChI=1S/C15H19N3O3/c1-17-6-5-12-11(15(17)20)8-13(18(12)2)14(19)16-9-10-4-3-7-21-10/h5-6,8,10H,3-4,7,9H2,1-2H3,(H,16,19). The number of amides is 1. The molecule has 1 atom stereocenters. The zero-order valence-electron chi connectivity index (χ0n) is 12.3. The molecule has 1 fully saturated rings. The highest BCUT2D eigenvalue weighted by Crippen LogP contribution is 2.15. The Morgan fingerprint density at radius 2 is 2.29 bits per heavy atom. The highest BCUT2D eigenvalue weighted by atomic mass is 16.5. The molecule has 0 spiro atoms. The molecule has 1 aliphatic rings. The van der Waals surface area contributed by atoms with Gasteiger partial charge in [-0.15, -0.1) is 0 Å². The maximum absolute atomic E-state index is 12.3. The smallest absolute Gasteiger partial charge is 0.268 e. The van der Waals surface area contributed by atoms with E-state index in [4.69, 9.17) is 4.74 Å². The number of nitrogens with one attached hydrogen (secondary N) is 1. The minimum absolute atomic E-state index is 0.0960. The van der Waals surface area contributed by atoms with Crippen LogP contribution >= 0.6 is 0 Å². The number of aromatic nitrogens is 2. The molecule has 0 aromatic carbocycles. The van der Waals surface area contributed by atoms with Crippen LogP contribution < -0.4 is 10.9 Å². The number of hydrogen-bond acceptors (Lipinski definition) is 3. The topological polar surface area (TPSA) is 65.3 Å². The van der Waals surface area contributed by atoms with Gasteiger partial charge in [0.05, 0.1) is 17.0 Å². The van der Waals surface area contributed by atoms with Gasteiger partial charge in [0.15, 0.2) is 0 Å². The molecule has 0 aliphatic carbocycles. The third-order valence-electron chi connectivity index (χ3n) is 4.03. The summed E-state index contributed by atoms with van der Waals surface area (Å²) in [6, 6.07) is 3.50. The summed E-state index contributed by atoms with van der Waals surface area (Å²) in [5, 5.41) is 3.44. The minimum atomic E-state index is -0.175. The molecule has 1 N–H and O–H groups in total. The lowest BCUT2D eigenvalue weighted by atomic mass is 10.2. The van der Waals surface area contributed by atoms with E-state index in [1.54, 1.807) is 30.9 Å². The molecule has 3 heterocycles. The van der Waals surface area contributed by atoms with Crippen molar-refractivity contribution in [1.82, 2.24) is 14.5 Å². The summed E-state index contributed by atoms with van der Waals surface area (Å²) in [7, 11) is 3.49. The van der Waals surface area contributed by atoms with E-state index in [0.717, 1.165) is 25.0 Å². The van der Waals surface area contributed by atoms with Gasteiger partial charge < -0.3 is 19.2 Å². The second kappa shape index (κ2) is 5.37. The predicted molar refractivity (Wildman–Crippen MR) is 79.5 cm³/mol. The molecule has 21 heavy (non-hydrogen) atoms. The first-order valence-corrected chi connectivity index (χ1v) is 7.13. The molecule has 112 valence electrons. The second-order valence-electron chi connectivity index (χ2n) is 5.46. The van der Waals surface area contributed by atoms with Crippen LogP contribution in [0.15, 0.2) is 23.1 Å². The number of carbonyl (C=O) groups is 1. The number of carbonyl (C=O) groups excluding carboxylic acids is 1. The predicted octanol–water partition coefficient (Wildman–Crippen LogP) is 0.786. The average molecular weight is 289 g/mol. The van der Waals surface area contributed by atoms with Crippen molar-refractivity contribution < 1.29 is 9.53 Å². The van der Waals surface area contributed by atoms with Crippen LogP contribution in [0.2, 0.25) is 0 Å². The van der Waals surface area contributed by atoms with Crippen molar-refractivity contribution in [3.8, 4) is 0 Å². The van der Waals surface area contributed by atoms with E-state index in [0.29, 0.717) is 17.6 Å². The van der Waals surface area contributed by atoms with Gasteiger partial charge in [-0.1, -0.05) is 0 Å². The Morgan fingerprint density at radius 3 is 3.00 bits per heavy atom. The van der Waals surface area contributed by atoms with Crippen molar-refractivity contribution in [2.45, 2.75) is 18.9 Å². The molecule has 1 amide bonds. The Balaban J connectivity index is 1.86. The van der Waals surface area contributed by atoms with Crippen LogP contribution in [0, 0.1) is 0 Å². The van der Waals surface area contributed by atoms with Gasteiger partial charge in [-0.25, -0.2) is 0 Å². The number of rotatable bonds is 3. The Morgan fingerprint density at radius 1 is 1.48 bits per heavy atom. The van der Waals surface area contributed by atoms with E-state index < -0.39 is 0 Å². The van der Waals surface area contributed by atoms with E-state index >= 15 is 0 Å². The van der Waals surface area contributed by atoms with Crippen molar-refractivity contribution in [2.75, 3.05) is 13.2 Å². The van der Waals surface area contributed by atoms with E-state index in [9.17, 15) is 9.59 Å². The SMILES string of the molecule is Cn1ccc2c(cc(C(=O)NCC3CCCO3)n2C)c1=O. The van der Waals surface area contributed by atoms with E-state index in [2.05, 4.69) is 5.32 Å². The maximum Gasteiger partial charge on any atom is 0.268 e. The molecule has 1 unspecified atom stereocenters. The van der Waals surface area contributed by atoms with Gasteiger partial charge >= 0.3 is 0 Å². The normalized spacial score (nSPS) is 18.3. The number of ether oxygens (including phenoxy) is 1. The Kier molecular flexibility index (Phi) is 3.55. The van der Waals surface area contributed by atoms with E-state index in [1.807, 2.05) is 6.07 Å². The zero-order chi connectivity index (χ0) is 15.0. The number of fused-ring (bicyclic) bond motifs is 1. The van der Waals surface area contributed by atoms with Crippen molar-refractivity contribution in [3.05, 3.63) is 34.4 Å². The quantitative estimate of drug-likeness (QED) is 0.908. The lowest BCUT2D eigenvalue weighted by molar-refractivity contribution is 0.0851. The van der Waals surface area contributed by atoms with Gasteiger partial charge in [0.25, 0.3) is 11.5 Å². The van der Waals surface area contributed by atoms with E-state index in [-0.39, 0.29) is 17.6 Å². The summed E-state index contributed by atoms with van der Waals surface area (Å²) in [6.45, 7) is 1.28. The minimum Gasteiger partial charge on any atom is -0.376 e. The van der Waals surface area contributed by atoms with Gasteiger partial charge in [0.2, 0.25) is 0 Å². The Bertz CT molecular complexity index is 738. The van der Waals surface area contributed by atoms with Gasteiger partial charge in [-0.3, -0.25) is 9.59 Å². The fourth-order valence-corrected chi connectivity index (χ4v) is 2.75. The van der Waals surface area contributed by atoms with Crippen LogP contribution in [0.5, 0.6) is 0 Å². The maximum atomic E-state index is 12.3. The average Bonchev–Trinajstić information content (AvgIpc) is 3.09. The molecule has 6 heteroatoms. The second-order valence-corrected chi connectivity index (χ2v) is 5.46. The summed E-state index contributed by atoms with van der Waals surface area (Å²) in [5.41, 5.74) is 1.16. The lowest BCUT2D eigenvalue weighted by Crippen LogP contribution is -2.32. The third-order valence-corrected chi connectivity index (χ3v) is 4.03. The molecule has 2 aromatic heterocycles. The molecule has 0 bridgehead atoms. The zero-order valence-corrected chi connectivity index (χ0v) is 12.3. The third kappa shape index (κ3) is 2.47. The first-order chi connectivity index (χ1) is 10.1. The molecule has 0 radical (unpaired) electrons. The van der Waals surface area contributed by atoms with Crippen molar-refractivity contribution in [2.24, 2.45) is 14.1 Å². The van der Waals surface area contributed by atoms with Crippen molar-refractivity contribution in [3.63, 3.8) is 0 Å². The lowest BCUT2D eigenvalue weighted by Gasteiger charge is -2.11. The number of pyridine rings is 1. The largest absolute Gasteiger partial charge is 0.376 e. The van der Waals surface area contributed by atoms with E-state index in [1.165, 1.54) is 4.57 Å². The molecule has 1 saturated heterocycles.